The Labute approximate surface area is 142 Å². The zero-order chi connectivity index (χ0) is 18.2. The number of pyridine rings is 1. The standard InChI is InChI=1S/C16H20F3N3O3/c1-15(6-24-7-15)14(20)22-13(23)11-4-12(25-8-16(17,18)19)10(5-21-11)9-2-3-9/h4-5,9,14H,2-3,6-8,20H2,1H3,(H,22,23). The van der Waals surface area contributed by atoms with E-state index in [9.17, 15) is 18.0 Å². The maximum absolute atomic E-state index is 12.4. The Morgan fingerprint density at radius 3 is 2.72 bits per heavy atom. The summed E-state index contributed by atoms with van der Waals surface area (Å²) in [5, 5.41) is 2.62. The van der Waals surface area contributed by atoms with Crippen LogP contribution in [-0.4, -0.2) is 43.1 Å². The number of alkyl halides is 3. The van der Waals surface area contributed by atoms with Gasteiger partial charge in [-0.1, -0.05) is 6.92 Å². The number of amides is 1. The fourth-order valence-corrected chi connectivity index (χ4v) is 2.55. The average molecular weight is 359 g/mol. The molecule has 2 heterocycles. The van der Waals surface area contributed by atoms with Crippen LogP contribution in [0.4, 0.5) is 13.2 Å². The van der Waals surface area contributed by atoms with Crippen molar-refractivity contribution in [1.82, 2.24) is 10.3 Å². The third-order valence-corrected chi connectivity index (χ3v) is 4.44. The van der Waals surface area contributed by atoms with Crippen LogP contribution in [0, 0.1) is 5.41 Å². The van der Waals surface area contributed by atoms with Crippen LogP contribution in [0.1, 0.15) is 41.7 Å². The highest BCUT2D eigenvalue weighted by molar-refractivity contribution is 5.93. The predicted molar refractivity (Wildman–Crippen MR) is 82.1 cm³/mol. The number of nitrogens with two attached hydrogens (primary N) is 1. The lowest BCUT2D eigenvalue weighted by Gasteiger charge is -2.42. The minimum atomic E-state index is -4.45. The lowest BCUT2D eigenvalue weighted by atomic mass is 9.85. The van der Waals surface area contributed by atoms with Crippen molar-refractivity contribution in [3.05, 3.63) is 23.5 Å². The van der Waals surface area contributed by atoms with Gasteiger partial charge in [0.1, 0.15) is 11.4 Å². The molecule has 2 aliphatic rings. The van der Waals surface area contributed by atoms with E-state index in [1.807, 2.05) is 6.92 Å². The van der Waals surface area contributed by atoms with Gasteiger partial charge in [0.2, 0.25) is 0 Å². The number of ether oxygens (including phenoxy) is 2. The largest absolute Gasteiger partial charge is 0.484 e. The summed E-state index contributed by atoms with van der Waals surface area (Å²) in [5.41, 5.74) is 6.19. The topological polar surface area (TPSA) is 86.5 Å². The van der Waals surface area contributed by atoms with Crippen LogP contribution >= 0.6 is 0 Å². The molecule has 9 heteroatoms. The molecule has 0 aromatic carbocycles. The Morgan fingerprint density at radius 1 is 1.52 bits per heavy atom. The number of nitrogens with zero attached hydrogens (tertiary/aromatic N) is 1. The molecule has 2 fully saturated rings. The molecule has 1 aliphatic heterocycles. The van der Waals surface area contributed by atoms with Gasteiger partial charge in [-0.3, -0.25) is 9.78 Å². The third-order valence-electron chi connectivity index (χ3n) is 4.44. The van der Waals surface area contributed by atoms with Crippen molar-refractivity contribution in [2.45, 2.75) is 38.0 Å². The lowest BCUT2D eigenvalue weighted by Crippen LogP contribution is -2.60. The van der Waals surface area contributed by atoms with Gasteiger partial charge in [-0.05, 0) is 18.8 Å². The van der Waals surface area contributed by atoms with Gasteiger partial charge in [0, 0.05) is 23.2 Å². The summed E-state index contributed by atoms with van der Waals surface area (Å²) in [6.07, 6.45) is -1.93. The van der Waals surface area contributed by atoms with Crippen molar-refractivity contribution >= 4 is 5.91 Å². The smallest absolute Gasteiger partial charge is 0.422 e. The van der Waals surface area contributed by atoms with Gasteiger partial charge in [0.15, 0.2) is 6.61 Å². The van der Waals surface area contributed by atoms with Crippen molar-refractivity contribution < 1.29 is 27.4 Å². The Bertz CT molecular complexity index is 658. The number of hydrogen-bond acceptors (Lipinski definition) is 5. The molecule has 3 rings (SSSR count). The van der Waals surface area contributed by atoms with Gasteiger partial charge in [0.25, 0.3) is 5.91 Å². The van der Waals surface area contributed by atoms with Gasteiger partial charge in [0.05, 0.1) is 19.4 Å². The Balaban J connectivity index is 1.73. The highest BCUT2D eigenvalue weighted by atomic mass is 19.4. The molecular formula is C16H20F3N3O3. The molecule has 1 amide bonds. The molecule has 0 spiro atoms. The molecule has 1 aromatic heterocycles. The fraction of sp³-hybridized carbons (Fsp3) is 0.625. The summed E-state index contributed by atoms with van der Waals surface area (Å²) in [4.78, 5) is 16.4. The van der Waals surface area contributed by atoms with Gasteiger partial charge in [-0.25, -0.2) is 0 Å². The molecule has 1 saturated heterocycles. The molecule has 0 radical (unpaired) electrons. The molecule has 138 valence electrons. The van der Waals surface area contributed by atoms with E-state index in [4.69, 9.17) is 15.2 Å². The average Bonchev–Trinajstić information content (AvgIpc) is 3.34. The van der Waals surface area contributed by atoms with Crippen molar-refractivity contribution in [1.29, 1.82) is 0 Å². The number of carbonyl (C=O) groups is 1. The van der Waals surface area contributed by atoms with E-state index in [1.54, 1.807) is 0 Å². The van der Waals surface area contributed by atoms with Crippen molar-refractivity contribution in [2.24, 2.45) is 11.1 Å². The number of hydrogen-bond donors (Lipinski definition) is 2. The lowest BCUT2D eigenvalue weighted by molar-refractivity contribution is -0.153. The summed E-state index contributed by atoms with van der Waals surface area (Å²) < 4.78 is 47.4. The molecule has 3 N–H and O–H groups in total. The van der Waals surface area contributed by atoms with Crippen molar-refractivity contribution in [2.75, 3.05) is 19.8 Å². The fourth-order valence-electron chi connectivity index (χ4n) is 2.55. The first-order valence-electron chi connectivity index (χ1n) is 8.02. The van der Waals surface area contributed by atoms with Gasteiger partial charge >= 0.3 is 6.18 Å². The Kier molecular flexibility index (Phi) is 4.63. The van der Waals surface area contributed by atoms with Crippen LogP contribution in [0.5, 0.6) is 5.75 Å². The quantitative estimate of drug-likeness (QED) is 0.758. The minimum absolute atomic E-state index is 0.0270. The highest BCUT2D eigenvalue weighted by Crippen LogP contribution is 2.44. The van der Waals surface area contributed by atoms with Gasteiger partial charge in [-0.2, -0.15) is 13.2 Å². The molecule has 1 aliphatic carbocycles. The molecule has 6 nitrogen and oxygen atoms in total. The van der Waals surface area contributed by atoms with E-state index < -0.39 is 24.9 Å². The molecule has 1 unspecified atom stereocenters. The SMILES string of the molecule is CC1(C(N)NC(=O)c2cc(OCC(F)(F)F)c(C3CC3)cn2)COC1. The third kappa shape index (κ3) is 4.21. The normalized spacial score (nSPS) is 20.5. The second-order valence-corrected chi connectivity index (χ2v) is 6.88. The second kappa shape index (κ2) is 6.45. The van der Waals surface area contributed by atoms with E-state index in [2.05, 4.69) is 10.3 Å². The minimum Gasteiger partial charge on any atom is -0.484 e. The Morgan fingerprint density at radius 2 is 2.20 bits per heavy atom. The maximum Gasteiger partial charge on any atom is 0.422 e. The number of aromatic nitrogens is 1. The molecule has 1 aromatic rings. The molecule has 1 atom stereocenters. The van der Waals surface area contributed by atoms with Crippen molar-refractivity contribution in [3.8, 4) is 5.75 Å². The second-order valence-electron chi connectivity index (χ2n) is 6.88. The summed E-state index contributed by atoms with van der Waals surface area (Å²) in [6, 6.07) is 1.25. The van der Waals surface area contributed by atoms with E-state index in [1.165, 1.54) is 12.3 Å². The number of halogens is 3. The molecule has 0 bridgehead atoms. The predicted octanol–water partition coefficient (Wildman–Crippen LogP) is 1.95. The number of nitrogens with one attached hydrogen (secondary N) is 1. The first kappa shape index (κ1) is 17.9. The van der Waals surface area contributed by atoms with Crippen LogP contribution in [0.15, 0.2) is 12.3 Å². The van der Waals surface area contributed by atoms with E-state index in [-0.39, 0.29) is 22.8 Å². The monoisotopic (exact) mass is 359 g/mol. The summed E-state index contributed by atoms with van der Waals surface area (Å²) in [6.45, 7) is 1.33. The highest BCUT2D eigenvalue weighted by Gasteiger charge is 2.40. The maximum atomic E-state index is 12.4. The zero-order valence-corrected chi connectivity index (χ0v) is 13.7. The van der Waals surface area contributed by atoms with Crippen LogP contribution in [-0.2, 0) is 4.74 Å². The van der Waals surface area contributed by atoms with Crippen LogP contribution in [0.2, 0.25) is 0 Å². The van der Waals surface area contributed by atoms with Gasteiger partial charge < -0.3 is 20.5 Å². The van der Waals surface area contributed by atoms with Crippen LogP contribution in [0.3, 0.4) is 0 Å². The zero-order valence-electron chi connectivity index (χ0n) is 13.7. The van der Waals surface area contributed by atoms with Gasteiger partial charge in [-0.15, -0.1) is 0 Å². The number of rotatable bonds is 6. The Hall–Kier alpha value is -1.87. The number of carbonyl (C=O) groups excluding carboxylic acids is 1. The first-order chi connectivity index (χ1) is 11.7. The van der Waals surface area contributed by atoms with E-state index in [0.29, 0.717) is 18.8 Å². The van der Waals surface area contributed by atoms with Crippen LogP contribution in [0.25, 0.3) is 0 Å². The van der Waals surface area contributed by atoms with E-state index in [0.717, 1.165) is 12.8 Å². The van der Waals surface area contributed by atoms with E-state index >= 15 is 0 Å². The van der Waals surface area contributed by atoms with Crippen LogP contribution < -0.4 is 15.8 Å². The summed E-state index contributed by atoms with van der Waals surface area (Å²) in [7, 11) is 0. The molecule has 1 saturated carbocycles. The van der Waals surface area contributed by atoms with Crippen molar-refractivity contribution in [3.63, 3.8) is 0 Å². The summed E-state index contributed by atoms with van der Waals surface area (Å²) in [5.74, 6) is -0.368. The summed E-state index contributed by atoms with van der Waals surface area (Å²) >= 11 is 0. The first-order valence-corrected chi connectivity index (χ1v) is 8.02. The molecule has 25 heavy (non-hydrogen) atoms. The molecular weight excluding hydrogens is 339 g/mol.